The van der Waals surface area contributed by atoms with Crippen molar-refractivity contribution in [3.8, 4) is 11.5 Å². The van der Waals surface area contributed by atoms with Crippen LogP contribution in [0.3, 0.4) is 0 Å². The van der Waals surface area contributed by atoms with E-state index in [-0.39, 0.29) is 24.0 Å². The minimum Gasteiger partial charge on any atom is -0.493 e. The zero-order valence-corrected chi connectivity index (χ0v) is 26.7. The van der Waals surface area contributed by atoms with Crippen LogP contribution in [-0.2, 0) is 9.53 Å². The number of dihydropyridines is 1. The van der Waals surface area contributed by atoms with E-state index in [0.29, 0.717) is 16.8 Å². The molecule has 2 aromatic rings. The smallest absolute Gasteiger partial charge is 0.336 e. The topological polar surface area (TPSA) is 106 Å². The second-order valence-corrected chi connectivity index (χ2v) is 10.4. The van der Waals surface area contributed by atoms with Gasteiger partial charge < -0.3 is 24.4 Å². The SMILES string of the molecule is CCCCN1CCN(CCOc2ccccc2OC)CC1.COC(=O)C1=C(C)NC(C)=CC1c1cccc([N+](=O)[O-])c1.Cl. The lowest BCUT2D eigenvalue weighted by Crippen LogP contribution is -2.47. The molecule has 0 saturated carbocycles. The fraction of sp³-hybridized carbons (Fsp3) is 0.469. The van der Waals surface area contributed by atoms with Gasteiger partial charge in [0.1, 0.15) is 6.61 Å². The van der Waals surface area contributed by atoms with Gasteiger partial charge in [-0.3, -0.25) is 15.0 Å². The van der Waals surface area contributed by atoms with Gasteiger partial charge in [0.15, 0.2) is 11.5 Å². The third-order valence-corrected chi connectivity index (χ3v) is 7.39. The van der Waals surface area contributed by atoms with Crippen molar-refractivity contribution in [2.24, 2.45) is 0 Å². The number of hydrogen-bond acceptors (Lipinski definition) is 9. The Morgan fingerprint density at radius 1 is 1.00 bits per heavy atom. The summed E-state index contributed by atoms with van der Waals surface area (Å²) in [6, 6.07) is 14.1. The molecule has 0 amide bonds. The van der Waals surface area contributed by atoms with Crippen molar-refractivity contribution in [1.82, 2.24) is 15.1 Å². The van der Waals surface area contributed by atoms with Crippen molar-refractivity contribution in [3.05, 3.63) is 87.3 Å². The Labute approximate surface area is 261 Å². The summed E-state index contributed by atoms with van der Waals surface area (Å²) in [7, 11) is 3.00. The van der Waals surface area contributed by atoms with Gasteiger partial charge in [-0.15, -0.1) is 12.4 Å². The number of carbonyl (C=O) groups is 1. The van der Waals surface area contributed by atoms with Crippen LogP contribution >= 0.6 is 12.4 Å². The number of nitrogens with one attached hydrogen (secondary N) is 1. The summed E-state index contributed by atoms with van der Waals surface area (Å²) in [6.07, 6.45) is 4.46. The fourth-order valence-electron chi connectivity index (χ4n) is 5.10. The maximum atomic E-state index is 12.0. The first-order valence-electron chi connectivity index (χ1n) is 14.5. The van der Waals surface area contributed by atoms with Crippen molar-refractivity contribution in [2.45, 2.75) is 39.5 Å². The monoisotopic (exact) mass is 616 g/mol. The van der Waals surface area contributed by atoms with E-state index in [1.807, 2.05) is 37.3 Å². The van der Waals surface area contributed by atoms with Crippen LogP contribution < -0.4 is 14.8 Å². The van der Waals surface area contributed by atoms with Crippen molar-refractivity contribution in [1.29, 1.82) is 0 Å². The molecule has 1 unspecified atom stereocenters. The molecule has 1 saturated heterocycles. The lowest BCUT2D eigenvalue weighted by Gasteiger charge is -2.34. The summed E-state index contributed by atoms with van der Waals surface area (Å²) < 4.78 is 16.0. The third kappa shape index (κ3) is 10.6. The Morgan fingerprint density at radius 2 is 1.65 bits per heavy atom. The Balaban J connectivity index is 0.000000293. The number of non-ortho nitro benzene ring substituents is 1. The molecule has 2 aromatic carbocycles. The molecule has 1 N–H and O–H groups in total. The Hall–Kier alpha value is -3.60. The highest BCUT2D eigenvalue weighted by Gasteiger charge is 2.28. The predicted octanol–water partition coefficient (Wildman–Crippen LogP) is 5.55. The normalized spacial score (nSPS) is 17.0. The number of allylic oxidation sites excluding steroid dienone is 3. The zero-order chi connectivity index (χ0) is 30.5. The molecule has 2 heterocycles. The summed E-state index contributed by atoms with van der Waals surface area (Å²) in [5, 5.41) is 14.0. The molecule has 0 radical (unpaired) electrons. The second-order valence-electron chi connectivity index (χ2n) is 10.4. The molecule has 0 aromatic heterocycles. The molecule has 0 aliphatic carbocycles. The average Bonchev–Trinajstić information content (AvgIpc) is 3.00. The van der Waals surface area contributed by atoms with E-state index in [1.165, 1.54) is 51.7 Å². The zero-order valence-electron chi connectivity index (χ0n) is 25.8. The van der Waals surface area contributed by atoms with Crippen LogP contribution in [-0.4, -0.2) is 80.8 Å². The molecule has 10 nitrogen and oxygen atoms in total. The molecule has 4 rings (SSSR count). The lowest BCUT2D eigenvalue weighted by atomic mass is 9.86. The van der Waals surface area contributed by atoms with Gasteiger partial charge in [-0.1, -0.05) is 43.7 Å². The third-order valence-electron chi connectivity index (χ3n) is 7.39. The van der Waals surface area contributed by atoms with Crippen LogP contribution in [0, 0.1) is 10.1 Å². The van der Waals surface area contributed by atoms with E-state index in [9.17, 15) is 14.9 Å². The van der Waals surface area contributed by atoms with Gasteiger partial charge in [-0.05, 0) is 44.5 Å². The molecular weight excluding hydrogens is 572 g/mol. The van der Waals surface area contributed by atoms with E-state index >= 15 is 0 Å². The number of rotatable bonds is 11. The summed E-state index contributed by atoms with van der Waals surface area (Å²) in [6.45, 7) is 13.6. The lowest BCUT2D eigenvalue weighted by molar-refractivity contribution is -0.384. The number of esters is 1. The van der Waals surface area contributed by atoms with Gasteiger partial charge in [0.2, 0.25) is 0 Å². The van der Waals surface area contributed by atoms with Gasteiger partial charge >= 0.3 is 5.97 Å². The quantitative estimate of drug-likeness (QED) is 0.198. The summed E-state index contributed by atoms with van der Waals surface area (Å²) in [4.78, 5) is 27.5. The molecule has 2 aliphatic rings. The predicted molar refractivity (Wildman–Crippen MR) is 171 cm³/mol. The number of methoxy groups -OCH3 is 2. The molecule has 43 heavy (non-hydrogen) atoms. The fourth-order valence-corrected chi connectivity index (χ4v) is 5.10. The van der Waals surface area contributed by atoms with Crippen LogP contribution in [0.4, 0.5) is 5.69 Å². The summed E-state index contributed by atoms with van der Waals surface area (Å²) in [5.41, 5.74) is 2.72. The Morgan fingerprint density at radius 3 is 2.26 bits per heavy atom. The number of nitro benzene ring substituents is 1. The van der Waals surface area contributed by atoms with E-state index < -0.39 is 10.9 Å². The number of hydrogen-bond donors (Lipinski definition) is 1. The maximum Gasteiger partial charge on any atom is 0.336 e. The number of nitrogens with zero attached hydrogens (tertiary/aromatic N) is 3. The molecular formula is C32H45ClN4O6. The maximum absolute atomic E-state index is 12.0. The molecule has 1 fully saturated rings. The van der Waals surface area contributed by atoms with Gasteiger partial charge in [0.25, 0.3) is 5.69 Å². The van der Waals surface area contributed by atoms with Crippen molar-refractivity contribution >= 4 is 24.1 Å². The summed E-state index contributed by atoms with van der Waals surface area (Å²) >= 11 is 0. The first kappa shape index (κ1) is 35.6. The van der Waals surface area contributed by atoms with Crippen LogP contribution in [0.2, 0.25) is 0 Å². The number of carbonyl (C=O) groups excluding carboxylic acids is 1. The summed E-state index contributed by atoms with van der Waals surface area (Å²) in [5.74, 6) is 0.835. The van der Waals surface area contributed by atoms with E-state index in [4.69, 9.17) is 14.2 Å². The van der Waals surface area contributed by atoms with Crippen molar-refractivity contribution in [3.63, 3.8) is 0 Å². The number of ether oxygens (including phenoxy) is 3. The van der Waals surface area contributed by atoms with Gasteiger partial charge in [-0.2, -0.15) is 0 Å². The van der Waals surface area contributed by atoms with Crippen molar-refractivity contribution in [2.75, 3.05) is 60.1 Å². The number of unbranched alkanes of at least 4 members (excludes halogenated alkanes) is 1. The van der Waals surface area contributed by atoms with Crippen molar-refractivity contribution < 1.29 is 23.9 Å². The van der Waals surface area contributed by atoms with Gasteiger partial charge in [0, 0.05) is 62.2 Å². The molecule has 0 bridgehead atoms. The van der Waals surface area contributed by atoms with Crippen LogP contribution in [0.15, 0.2) is 71.6 Å². The highest BCUT2D eigenvalue weighted by atomic mass is 35.5. The Bertz CT molecular complexity index is 1260. The highest BCUT2D eigenvalue weighted by molar-refractivity contribution is 5.92. The van der Waals surface area contributed by atoms with E-state index in [2.05, 4.69) is 22.0 Å². The van der Waals surface area contributed by atoms with Gasteiger partial charge in [0.05, 0.1) is 24.7 Å². The van der Waals surface area contributed by atoms with Gasteiger partial charge in [-0.25, -0.2) is 4.79 Å². The Kier molecular flexibility index (Phi) is 15.0. The van der Waals surface area contributed by atoms with Crippen LogP contribution in [0.5, 0.6) is 11.5 Å². The first-order valence-corrected chi connectivity index (χ1v) is 14.5. The number of halogens is 1. The molecule has 2 aliphatic heterocycles. The number of benzene rings is 2. The molecule has 0 spiro atoms. The molecule has 11 heteroatoms. The minimum absolute atomic E-state index is 0. The average molecular weight is 617 g/mol. The first-order chi connectivity index (χ1) is 20.3. The largest absolute Gasteiger partial charge is 0.493 e. The van der Waals surface area contributed by atoms with Crippen LogP contribution in [0.25, 0.3) is 0 Å². The molecule has 236 valence electrons. The van der Waals surface area contributed by atoms with E-state index in [0.717, 1.165) is 43.4 Å². The van der Waals surface area contributed by atoms with Crippen LogP contribution in [0.1, 0.15) is 45.1 Å². The van der Waals surface area contributed by atoms with E-state index in [1.54, 1.807) is 26.2 Å². The second kappa shape index (κ2) is 18.1. The highest BCUT2D eigenvalue weighted by Crippen LogP contribution is 2.34. The number of para-hydroxylation sites is 2. The molecule has 1 atom stereocenters. The number of nitro groups is 1. The minimum atomic E-state index is -0.449. The standard InChI is InChI=1S/C17H28N2O2.C15H16N2O4.ClH/c1-3-4-9-18-10-12-19(13-11-18)14-15-21-17-8-6-5-7-16(17)20-2;1-9-7-13(14(10(2)16-9)15(18)21-3)11-5-4-6-12(8-11)17(19)20;/h5-8H,3-4,9-15H2,1-2H3;4-8,13,16H,1-3H3;1H. The number of piperazine rings is 1.